The van der Waals surface area contributed by atoms with Crippen LogP contribution in [0.3, 0.4) is 0 Å². The van der Waals surface area contributed by atoms with E-state index < -0.39 is 0 Å². The Balaban J connectivity index is 2.44. The molecule has 78 valence electrons. The van der Waals surface area contributed by atoms with Gasteiger partial charge in [0.2, 0.25) is 5.82 Å². The van der Waals surface area contributed by atoms with Gasteiger partial charge in [-0.25, -0.2) is 9.97 Å². The average molecular weight is 222 g/mol. The normalized spacial score (nSPS) is 10.6. The molecular formula is C9H10N4OS. The van der Waals surface area contributed by atoms with E-state index in [0.29, 0.717) is 16.9 Å². The van der Waals surface area contributed by atoms with Crippen molar-refractivity contribution in [1.82, 2.24) is 20.2 Å². The zero-order chi connectivity index (χ0) is 10.8. The van der Waals surface area contributed by atoms with E-state index in [0.717, 1.165) is 11.4 Å². The molecule has 15 heavy (non-hydrogen) atoms. The summed E-state index contributed by atoms with van der Waals surface area (Å²) < 4.78 is 5.34. The van der Waals surface area contributed by atoms with Crippen LogP contribution < -0.4 is 0 Å². The van der Waals surface area contributed by atoms with Crippen molar-refractivity contribution in [2.75, 3.05) is 6.26 Å². The van der Waals surface area contributed by atoms with Crippen LogP contribution >= 0.6 is 11.8 Å². The second kappa shape index (κ2) is 3.98. The first-order valence-corrected chi connectivity index (χ1v) is 5.61. The van der Waals surface area contributed by atoms with Gasteiger partial charge < -0.3 is 4.42 Å². The number of hydrogen-bond donors (Lipinski definition) is 0. The Morgan fingerprint density at radius 2 is 1.80 bits per heavy atom. The molecule has 0 aliphatic heterocycles. The summed E-state index contributed by atoms with van der Waals surface area (Å²) in [6.45, 7) is 3.81. The molecule has 2 rings (SSSR count). The van der Waals surface area contributed by atoms with Crippen LogP contribution in [0.4, 0.5) is 0 Å². The molecule has 0 spiro atoms. The third-order valence-electron chi connectivity index (χ3n) is 1.75. The minimum Gasteiger partial charge on any atom is -0.408 e. The molecule has 0 aliphatic rings. The van der Waals surface area contributed by atoms with E-state index in [1.807, 2.05) is 26.2 Å². The van der Waals surface area contributed by atoms with Crippen molar-refractivity contribution >= 4 is 11.8 Å². The fourth-order valence-electron chi connectivity index (χ4n) is 1.20. The van der Waals surface area contributed by atoms with Gasteiger partial charge in [0.15, 0.2) is 0 Å². The van der Waals surface area contributed by atoms with E-state index in [2.05, 4.69) is 20.2 Å². The summed E-state index contributed by atoms with van der Waals surface area (Å²) >= 11 is 1.40. The second-order valence-corrected chi connectivity index (χ2v) is 3.81. The number of aromatic nitrogens is 4. The summed E-state index contributed by atoms with van der Waals surface area (Å²) in [5.41, 5.74) is 1.78. The van der Waals surface area contributed by atoms with Gasteiger partial charge in [0.1, 0.15) is 0 Å². The quantitative estimate of drug-likeness (QED) is 0.723. The SMILES string of the molecule is CSc1nnc(-c2nc(C)cc(C)n2)o1. The first kappa shape index (κ1) is 10.1. The third-order valence-corrected chi connectivity index (χ3v) is 2.27. The Morgan fingerprint density at radius 3 is 2.33 bits per heavy atom. The van der Waals surface area contributed by atoms with Crippen LogP contribution in [0.2, 0.25) is 0 Å². The highest BCUT2D eigenvalue weighted by atomic mass is 32.2. The van der Waals surface area contributed by atoms with E-state index >= 15 is 0 Å². The minimum atomic E-state index is 0.367. The van der Waals surface area contributed by atoms with Crippen molar-refractivity contribution in [2.24, 2.45) is 0 Å². The molecular weight excluding hydrogens is 212 g/mol. The van der Waals surface area contributed by atoms with Crippen molar-refractivity contribution in [1.29, 1.82) is 0 Å². The maximum absolute atomic E-state index is 5.34. The lowest BCUT2D eigenvalue weighted by Crippen LogP contribution is -1.94. The summed E-state index contributed by atoms with van der Waals surface area (Å²) in [6.07, 6.45) is 1.87. The molecule has 2 aromatic rings. The number of aryl methyl sites for hydroxylation is 2. The lowest BCUT2D eigenvalue weighted by molar-refractivity contribution is 0.463. The van der Waals surface area contributed by atoms with Crippen molar-refractivity contribution in [2.45, 2.75) is 19.1 Å². The van der Waals surface area contributed by atoms with Crippen LogP contribution in [0.1, 0.15) is 11.4 Å². The predicted octanol–water partition coefficient (Wildman–Crippen LogP) is 1.87. The monoisotopic (exact) mass is 222 g/mol. The highest BCUT2D eigenvalue weighted by molar-refractivity contribution is 7.98. The smallest absolute Gasteiger partial charge is 0.286 e. The Labute approximate surface area is 91.3 Å². The van der Waals surface area contributed by atoms with E-state index in [1.165, 1.54) is 11.8 Å². The van der Waals surface area contributed by atoms with Crippen LogP contribution in [0, 0.1) is 13.8 Å². The van der Waals surface area contributed by atoms with Gasteiger partial charge in [-0.1, -0.05) is 11.8 Å². The maximum Gasteiger partial charge on any atom is 0.286 e. The van der Waals surface area contributed by atoms with Crippen LogP contribution in [-0.4, -0.2) is 26.4 Å². The van der Waals surface area contributed by atoms with E-state index in [1.54, 1.807) is 0 Å². The van der Waals surface area contributed by atoms with Crippen LogP contribution in [0.5, 0.6) is 0 Å². The number of thioether (sulfide) groups is 1. The Bertz CT molecular complexity index is 462. The van der Waals surface area contributed by atoms with Gasteiger partial charge in [0, 0.05) is 11.4 Å². The van der Waals surface area contributed by atoms with Crippen LogP contribution in [0.15, 0.2) is 15.7 Å². The molecule has 0 fully saturated rings. The summed E-state index contributed by atoms with van der Waals surface area (Å²) in [4.78, 5) is 8.47. The molecule has 0 saturated carbocycles. The van der Waals surface area contributed by atoms with Crippen molar-refractivity contribution in [3.05, 3.63) is 17.5 Å². The van der Waals surface area contributed by atoms with Crippen LogP contribution in [-0.2, 0) is 0 Å². The van der Waals surface area contributed by atoms with Gasteiger partial charge in [-0.3, -0.25) is 0 Å². The molecule has 6 heteroatoms. The van der Waals surface area contributed by atoms with Crippen LogP contribution in [0.25, 0.3) is 11.7 Å². The second-order valence-electron chi connectivity index (χ2n) is 3.05. The summed E-state index contributed by atoms with van der Waals surface area (Å²) in [6, 6.07) is 1.90. The van der Waals surface area contributed by atoms with E-state index in [9.17, 15) is 0 Å². The molecule has 0 amide bonds. The molecule has 0 aromatic carbocycles. The zero-order valence-electron chi connectivity index (χ0n) is 8.68. The topological polar surface area (TPSA) is 64.7 Å². The molecule has 0 radical (unpaired) electrons. The Morgan fingerprint density at radius 1 is 1.13 bits per heavy atom. The molecule has 0 saturated heterocycles. The molecule has 0 unspecified atom stereocenters. The van der Waals surface area contributed by atoms with Crippen molar-refractivity contribution < 1.29 is 4.42 Å². The first-order valence-electron chi connectivity index (χ1n) is 4.39. The third kappa shape index (κ3) is 2.15. The highest BCUT2D eigenvalue weighted by Gasteiger charge is 2.11. The van der Waals surface area contributed by atoms with Gasteiger partial charge in [-0.05, 0) is 26.2 Å². The van der Waals surface area contributed by atoms with Gasteiger partial charge in [-0.2, -0.15) is 0 Å². The Hall–Kier alpha value is -1.43. The number of nitrogens with zero attached hydrogens (tertiary/aromatic N) is 4. The molecule has 2 aromatic heterocycles. The molecule has 0 aliphatic carbocycles. The van der Waals surface area contributed by atoms with Crippen molar-refractivity contribution in [3.63, 3.8) is 0 Å². The molecule has 0 atom stereocenters. The largest absolute Gasteiger partial charge is 0.408 e. The molecule has 0 N–H and O–H groups in total. The fourth-order valence-corrected chi connectivity index (χ4v) is 1.49. The number of hydrogen-bond acceptors (Lipinski definition) is 6. The van der Waals surface area contributed by atoms with E-state index in [-0.39, 0.29) is 0 Å². The van der Waals surface area contributed by atoms with Gasteiger partial charge in [-0.15, -0.1) is 10.2 Å². The molecule has 5 nitrogen and oxygen atoms in total. The zero-order valence-corrected chi connectivity index (χ0v) is 9.50. The van der Waals surface area contributed by atoms with E-state index in [4.69, 9.17) is 4.42 Å². The average Bonchev–Trinajstić information content (AvgIpc) is 2.64. The molecule has 0 bridgehead atoms. The first-order chi connectivity index (χ1) is 7.19. The van der Waals surface area contributed by atoms with Gasteiger partial charge in [0.05, 0.1) is 0 Å². The maximum atomic E-state index is 5.34. The fraction of sp³-hybridized carbons (Fsp3) is 0.333. The van der Waals surface area contributed by atoms with Crippen molar-refractivity contribution in [3.8, 4) is 11.7 Å². The summed E-state index contributed by atoms with van der Waals surface area (Å²) in [5, 5.41) is 8.23. The summed E-state index contributed by atoms with van der Waals surface area (Å²) in [5.74, 6) is 0.853. The summed E-state index contributed by atoms with van der Waals surface area (Å²) in [7, 11) is 0. The molecule has 2 heterocycles. The minimum absolute atomic E-state index is 0.367. The predicted molar refractivity (Wildman–Crippen MR) is 56.6 cm³/mol. The number of rotatable bonds is 2. The standard InChI is InChI=1S/C9H10N4OS/c1-5-4-6(2)11-7(10-5)8-12-13-9(14-8)15-3/h4H,1-3H3. The lowest BCUT2D eigenvalue weighted by Gasteiger charge is -1.97. The highest BCUT2D eigenvalue weighted by Crippen LogP contribution is 2.18. The Kier molecular flexibility index (Phi) is 2.68. The lowest BCUT2D eigenvalue weighted by atomic mass is 10.3. The van der Waals surface area contributed by atoms with Gasteiger partial charge in [0.25, 0.3) is 11.1 Å². The van der Waals surface area contributed by atoms with Gasteiger partial charge >= 0.3 is 0 Å².